The van der Waals surface area contributed by atoms with Crippen molar-refractivity contribution in [3.05, 3.63) is 108 Å². The fraction of sp³-hybridized carbons (Fsp3) is 0.0385. The highest BCUT2D eigenvalue weighted by Gasteiger charge is 2.30. The average molecular weight is 393 g/mol. The molecule has 1 amide bonds. The lowest BCUT2D eigenvalue weighted by molar-refractivity contribution is 0.0960. The van der Waals surface area contributed by atoms with Crippen LogP contribution >= 0.6 is 0 Å². The Morgan fingerprint density at radius 2 is 1.17 bits per heavy atom. The first-order chi connectivity index (χ1) is 14.6. The number of carbonyl (C=O) groups excluding carboxylic acids is 1. The highest BCUT2D eigenvalue weighted by Crippen LogP contribution is 2.39. The number of carbonyl (C=O) groups is 1. The maximum atomic E-state index is 12.5. The lowest BCUT2D eigenvalue weighted by Gasteiger charge is -2.19. The molecule has 1 aliphatic rings. The van der Waals surface area contributed by atoms with Gasteiger partial charge in [-0.15, -0.1) is 0 Å². The summed E-state index contributed by atoms with van der Waals surface area (Å²) in [5, 5.41) is 22.4. The van der Waals surface area contributed by atoms with E-state index in [1.54, 1.807) is 24.3 Å². The maximum absolute atomic E-state index is 12.5. The molecule has 0 aliphatic carbocycles. The molecule has 0 radical (unpaired) electrons. The molecule has 0 saturated carbocycles. The third-order valence-corrected chi connectivity index (χ3v) is 5.54. The molecule has 0 fully saturated rings. The van der Waals surface area contributed by atoms with Gasteiger partial charge in [-0.2, -0.15) is 0 Å². The van der Waals surface area contributed by atoms with E-state index < -0.39 is 0 Å². The third-order valence-electron chi connectivity index (χ3n) is 5.54. The summed E-state index contributed by atoms with van der Waals surface area (Å²) in [4.78, 5) is 12.5. The van der Waals surface area contributed by atoms with E-state index in [0.29, 0.717) is 5.56 Å². The number of rotatable bonds is 3. The first-order valence-electron chi connectivity index (χ1n) is 9.73. The van der Waals surface area contributed by atoms with Crippen molar-refractivity contribution in [3.8, 4) is 33.8 Å². The zero-order valence-corrected chi connectivity index (χ0v) is 16.0. The lowest BCUT2D eigenvalue weighted by Crippen LogP contribution is -2.20. The zero-order chi connectivity index (χ0) is 20.7. The van der Waals surface area contributed by atoms with Gasteiger partial charge in [-0.3, -0.25) is 4.79 Å². The van der Waals surface area contributed by atoms with Gasteiger partial charge in [0.1, 0.15) is 11.5 Å². The van der Waals surface area contributed by atoms with Crippen molar-refractivity contribution in [1.82, 2.24) is 5.32 Å². The highest BCUT2D eigenvalue weighted by atomic mass is 16.3. The van der Waals surface area contributed by atoms with Gasteiger partial charge in [-0.25, -0.2) is 0 Å². The van der Waals surface area contributed by atoms with Crippen molar-refractivity contribution < 1.29 is 15.0 Å². The molecule has 1 heterocycles. The van der Waals surface area contributed by atoms with Gasteiger partial charge in [0.05, 0.1) is 6.04 Å². The summed E-state index contributed by atoms with van der Waals surface area (Å²) in [6.07, 6.45) is 0. The van der Waals surface area contributed by atoms with Crippen LogP contribution in [-0.2, 0) is 0 Å². The predicted octanol–water partition coefficient (Wildman–Crippen LogP) is 5.26. The number of benzene rings is 4. The van der Waals surface area contributed by atoms with Crippen LogP contribution in [0.1, 0.15) is 27.5 Å². The SMILES string of the molecule is O=C1NC(c2ccc(-c3ccc(O)cc3)cc2-c2ccc(O)cc2)c2ccccc21. The molecule has 1 aliphatic heterocycles. The van der Waals surface area contributed by atoms with E-state index in [1.165, 1.54) is 0 Å². The summed E-state index contributed by atoms with van der Waals surface area (Å²) in [6.45, 7) is 0. The van der Waals surface area contributed by atoms with E-state index in [9.17, 15) is 15.0 Å². The quantitative estimate of drug-likeness (QED) is 0.444. The number of phenolic OH excluding ortho intramolecular Hbond substituents is 2. The van der Waals surface area contributed by atoms with Gasteiger partial charge in [0, 0.05) is 5.56 Å². The van der Waals surface area contributed by atoms with E-state index in [1.807, 2.05) is 60.7 Å². The summed E-state index contributed by atoms with van der Waals surface area (Å²) in [5.41, 5.74) is 6.54. The Balaban J connectivity index is 1.68. The minimum Gasteiger partial charge on any atom is -0.508 e. The van der Waals surface area contributed by atoms with E-state index in [2.05, 4.69) is 11.4 Å². The fourth-order valence-electron chi connectivity index (χ4n) is 4.02. The van der Waals surface area contributed by atoms with Crippen molar-refractivity contribution in [2.24, 2.45) is 0 Å². The van der Waals surface area contributed by atoms with E-state index in [0.717, 1.165) is 33.4 Å². The third kappa shape index (κ3) is 3.08. The molecule has 0 saturated heterocycles. The minimum absolute atomic E-state index is 0.0742. The second-order valence-electron chi connectivity index (χ2n) is 7.39. The summed E-state index contributed by atoms with van der Waals surface area (Å²) < 4.78 is 0. The van der Waals surface area contributed by atoms with Crippen molar-refractivity contribution in [1.29, 1.82) is 0 Å². The highest BCUT2D eigenvalue weighted by molar-refractivity contribution is 6.00. The van der Waals surface area contributed by atoms with Crippen LogP contribution in [0.5, 0.6) is 11.5 Å². The number of aromatic hydroxyl groups is 2. The first-order valence-corrected chi connectivity index (χ1v) is 9.73. The number of hydrogen-bond donors (Lipinski definition) is 3. The molecule has 0 spiro atoms. The van der Waals surface area contributed by atoms with Gasteiger partial charge in [0.15, 0.2) is 0 Å². The van der Waals surface area contributed by atoms with Crippen LogP contribution < -0.4 is 5.32 Å². The van der Waals surface area contributed by atoms with E-state index in [4.69, 9.17) is 0 Å². The largest absolute Gasteiger partial charge is 0.508 e. The van der Waals surface area contributed by atoms with Crippen molar-refractivity contribution in [3.63, 3.8) is 0 Å². The Labute approximate surface area is 174 Å². The van der Waals surface area contributed by atoms with Crippen molar-refractivity contribution in [2.75, 3.05) is 0 Å². The molecule has 4 aromatic carbocycles. The average Bonchev–Trinajstić information content (AvgIpc) is 3.11. The molecule has 5 rings (SSSR count). The minimum atomic E-state index is -0.244. The van der Waals surface area contributed by atoms with Crippen LogP contribution in [0.2, 0.25) is 0 Å². The van der Waals surface area contributed by atoms with Crippen LogP contribution in [0.3, 0.4) is 0 Å². The summed E-state index contributed by atoms with van der Waals surface area (Å²) in [6, 6.07) is 27.7. The Morgan fingerprint density at radius 1 is 0.600 bits per heavy atom. The molecule has 4 heteroatoms. The van der Waals surface area contributed by atoms with Crippen LogP contribution in [-0.4, -0.2) is 16.1 Å². The smallest absolute Gasteiger partial charge is 0.252 e. The zero-order valence-electron chi connectivity index (χ0n) is 16.0. The molecule has 3 N–H and O–H groups in total. The molecule has 1 unspecified atom stereocenters. The molecule has 146 valence electrons. The standard InChI is InChI=1S/C26H19NO3/c28-19-10-5-16(6-11-19)18-9-14-22(24(15-18)17-7-12-20(29)13-8-17)25-21-3-1-2-4-23(21)26(30)27-25/h1-15,25,28-29H,(H,27,30). The molecule has 4 aromatic rings. The lowest BCUT2D eigenvalue weighted by atomic mass is 9.88. The number of fused-ring (bicyclic) bond motifs is 1. The molecular weight excluding hydrogens is 374 g/mol. The van der Waals surface area contributed by atoms with E-state index >= 15 is 0 Å². The molecule has 0 aromatic heterocycles. The first kappa shape index (κ1) is 18.0. The second-order valence-corrected chi connectivity index (χ2v) is 7.39. The molecule has 30 heavy (non-hydrogen) atoms. The van der Waals surface area contributed by atoms with Gasteiger partial charge in [0.2, 0.25) is 0 Å². The number of hydrogen-bond acceptors (Lipinski definition) is 3. The second kappa shape index (κ2) is 7.08. The van der Waals surface area contributed by atoms with Gasteiger partial charge in [0.25, 0.3) is 5.91 Å². The topological polar surface area (TPSA) is 69.6 Å². The normalized spacial score (nSPS) is 14.9. The summed E-state index contributed by atoms with van der Waals surface area (Å²) >= 11 is 0. The number of amides is 1. The van der Waals surface area contributed by atoms with Gasteiger partial charge < -0.3 is 15.5 Å². The Hall–Kier alpha value is -4.05. The number of nitrogens with one attached hydrogen (secondary N) is 1. The van der Waals surface area contributed by atoms with Crippen LogP contribution in [0.15, 0.2) is 91.0 Å². The summed E-state index contributed by atoms with van der Waals surface area (Å²) in [5.74, 6) is 0.351. The van der Waals surface area contributed by atoms with Gasteiger partial charge in [-0.05, 0) is 69.8 Å². The van der Waals surface area contributed by atoms with Crippen molar-refractivity contribution >= 4 is 5.91 Å². The molecule has 1 atom stereocenters. The van der Waals surface area contributed by atoms with Crippen LogP contribution in [0.4, 0.5) is 0 Å². The Morgan fingerprint density at radius 3 is 1.87 bits per heavy atom. The maximum Gasteiger partial charge on any atom is 0.252 e. The van der Waals surface area contributed by atoms with Gasteiger partial charge in [-0.1, -0.05) is 54.6 Å². The Bertz CT molecular complexity index is 1240. The van der Waals surface area contributed by atoms with Gasteiger partial charge >= 0.3 is 0 Å². The predicted molar refractivity (Wildman–Crippen MR) is 116 cm³/mol. The fourth-order valence-corrected chi connectivity index (χ4v) is 4.02. The molecule has 0 bridgehead atoms. The monoisotopic (exact) mass is 393 g/mol. The van der Waals surface area contributed by atoms with E-state index in [-0.39, 0.29) is 23.4 Å². The van der Waals surface area contributed by atoms with Crippen LogP contribution in [0.25, 0.3) is 22.3 Å². The molecule has 4 nitrogen and oxygen atoms in total. The molecular formula is C26H19NO3. The number of phenols is 2. The summed E-state index contributed by atoms with van der Waals surface area (Å²) in [7, 11) is 0. The Kier molecular flexibility index (Phi) is 4.25. The van der Waals surface area contributed by atoms with Crippen LogP contribution in [0, 0.1) is 0 Å². The van der Waals surface area contributed by atoms with Crippen molar-refractivity contribution in [2.45, 2.75) is 6.04 Å².